The van der Waals surface area contributed by atoms with Crippen molar-refractivity contribution in [3.63, 3.8) is 0 Å². The maximum absolute atomic E-state index is 9.05. The van der Waals surface area contributed by atoms with E-state index in [-0.39, 0.29) is 12.7 Å². The molecule has 0 aliphatic heterocycles. The van der Waals surface area contributed by atoms with E-state index in [1.54, 1.807) is 0 Å². The van der Waals surface area contributed by atoms with Crippen LogP contribution in [0.3, 0.4) is 0 Å². The van der Waals surface area contributed by atoms with Crippen LogP contribution in [0.1, 0.15) is 23.9 Å². The van der Waals surface area contributed by atoms with Crippen LogP contribution in [0, 0.1) is 13.8 Å². The van der Waals surface area contributed by atoms with Gasteiger partial charge in [0.2, 0.25) is 0 Å². The van der Waals surface area contributed by atoms with Crippen LogP contribution in [0.15, 0.2) is 24.3 Å². The molecule has 1 unspecified atom stereocenters. The normalized spacial score (nSPS) is 12.4. The van der Waals surface area contributed by atoms with Crippen molar-refractivity contribution in [1.82, 2.24) is 15.1 Å². The monoisotopic (exact) mass is 337 g/mol. The number of aryl methyl sites for hydroxylation is 1. The average molecular weight is 338 g/mol. The largest absolute Gasteiger partial charge is 0.489 e. The summed E-state index contributed by atoms with van der Waals surface area (Å²) >= 11 is 5.86. The summed E-state index contributed by atoms with van der Waals surface area (Å²) in [7, 11) is 0. The van der Waals surface area contributed by atoms with Crippen LogP contribution in [0.4, 0.5) is 0 Å². The minimum atomic E-state index is 0.0456. The van der Waals surface area contributed by atoms with Gasteiger partial charge in [-0.05, 0) is 45.0 Å². The second kappa shape index (κ2) is 8.34. The van der Waals surface area contributed by atoms with E-state index in [9.17, 15) is 0 Å². The highest BCUT2D eigenvalue weighted by atomic mass is 35.5. The van der Waals surface area contributed by atoms with Gasteiger partial charge < -0.3 is 15.2 Å². The van der Waals surface area contributed by atoms with E-state index in [1.807, 2.05) is 49.7 Å². The van der Waals surface area contributed by atoms with Gasteiger partial charge in [0, 0.05) is 29.4 Å². The molecular formula is C17H24ClN3O2. The minimum absolute atomic E-state index is 0.0456. The van der Waals surface area contributed by atoms with Crippen molar-refractivity contribution in [2.24, 2.45) is 0 Å². The molecule has 1 aromatic carbocycles. The molecule has 1 heterocycles. The summed E-state index contributed by atoms with van der Waals surface area (Å²) in [5.74, 6) is 0.812. The van der Waals surface area contributed by atoms with Gasteiger partial charge in [0.1, 0.15) is 11.9 Å². The van der Waals surface area contributed by atoms with Crippen LogP contribution in [0.2, 0.25) is 5.02 Å². The lowest BCUT2D eigenvalue weighted by molar-refractivity contribution is 0.217. The molecule has 5 nitrogen and oxygen atoms in total. The van der Waals surface area contributed by atoms with Gasteiger partial charge in [-0.25, -0.2) is 0 Å². The molecule has 1 atom stereocenters. The smallest absolute Gasteiger partial charge is 0.119 e. The molecule has 2 N–H and O–H groups in total. The maximum atomic E-state index is 9.05. The zero-order valence-corrected chi connectivity index (χ0v) is 14.6. The molecule has 0 aliphatic rings. The first-order valence-corrected chi connectivity index (χ1v) is 8.15. The molecule has 0 spiro atoms. The Bertz CT molecular complexity index is 626. The fourth-order valence-electron chi connectivity index (χ4n) is 2.49. The van der Waals surface area contributed by atoms with Crippen molar-refractivity contribution < 1.29 is 9.84 Å². The summed E-state index contributed by atoms with van der Waals surface area (Å²) < 4.78 is 7.68. The summed E-state index contributed by atoms with van der Waals surface area (Å²) in [5, 5.41) is 17.6. The summed E-state index contributed by atoms with van der Waals surface area (Å²) in [5.41, 5.74) is 3.27. The highest BCUT2D eigenvalue weighted by molar-refractivity contribution is 6.30. The summed E-state index contributed by atoms with van der Waals surface area (Å²) in [4.78, 5) is 0. The van der Waals surface area contributed by atoms with E-state index in [0.29, 0.717) is 11.6 Å². The van der Waals surface area contributed by atoms with Gasteiger partial charge in [0.05, 0.1) is 18.8 Å². The zero-order valence-electron chi connectivity index (χ0n) is 13.8. The highest BCUT2D eigenvalue weighted by Crippen LogP contribution is 2.17. The Morgan fingerprint density at radius 2 is 2.00 bits per heavy atom. The van der Waals surface area contributed by atoms with Crippen molar-refractivity contribution in [3.05, 3.63) is 46.2 Å². The number of aromatic nitrogens is 2. The van der Waals surface area contributed by atoms with Crippen LogP contribution in [-0.2, 0) is 13.1 Å². The van der Waals surface area contributed by atoms with Gasteiger partial charge in [-0.1, -0.05) is 11.6 Å². The number of rotatable bonds is 8. The van der Waals surface area contributed by atoms with Gasteiger partial charge in [-0.15, -0.1) is 0 Å². The second-order valence-corrected chi connectivity index (χ2v) is 6.05. The van der Waals surface area contributed by atoms with Gasteiger partial charge in [0.15, 0.2) is 0 Å². The first-order valence-electron chi connectivity index (χ1n) is 7.78. The van der Waals surface area contributed by atoms with Crippen molar-refractivity contribution in [3.8, 4) is 5.75 Å². The first-order chi connectivity index (χ1) is 11.0. The number of nitrogens with zero attached hydrogens (tertiary/aromatic N) is 2. The van der Waals surface area contributed by atoms with Crippen LogP contribution >= 0.6 is 11.6 Å². The SMILES string of the molecule is Cc1nn(CCO)c(C)c1CNCC(C)Oc1ccc(Cl)cc1. The topological polar surface area (TPSA) is 59.3 Å². The van der Waals surface area contributed by atoms with E-state index in [0.717, 1.165) is 30.2 Å². The standard InChI is InChI=1S/C17H24ClN3O2/c1-12(23-16-6-4-15(18)5-7-16)10-19-11-17-13(2)20-21(8-9-22)14(17)3/h4-7,12,19,22H,8-11H2,1-3H3. The van der Waals surface area contributed by atoms with E-state index in [2.05, 4.69) is 10.4 Å². The third-order valence-electron chi connectivity index (χ3n) is 3.73. The van der Waals surface area contributed by atoms with Crippen molar-refractivity contribution in [1.29, 1.82) is 0 Å². The average Bonchev–Trinajstić information content (AvgIpc) is 2.77. The number of halogens is 1. The predicted octanol–water partition coefficient (Wildman–Crippen LogP) is 2.70. The van der Waals surface area contributed by atoms with E-state index in [4.69, 9.17) is 21.4 Å². The number of ether oxygens (including phenoxy) is 1. The van der Waals surface area contributed by atoms with Crippen LogP contribution in [0.25, 0.3) is 0 Å². The van der Waals surface area contributed by atoms with Gasteiger partial charge in [-0.2, -0.15) is 5.10 Å². The van der Waals surface area contributed by atoms with Gasteiger partial charge in [-0.3, -0.25) is 4.68 Å². The lowest BCUT2D eigenvalue weighted by Gasteiger charge is -2.15. The molecule has 0 amide bonds. The quantitative estimate of drug-likeness (QED) is 0.777. The fraction of sp³-hybridized carbons (Fsp3) is 0.471. The number of hydrogen-bond donors (Lipinski definition) is 2. The molecule has 0 aliphatic carbocycles. The van der Waals surface area contributed by atoms with E-state index < -0.39 is 0 Å². The zero-order chi connectivity index (χ0) is 16.8. The Balaban J connectivity index is 1.83. The van der Waals surface area contributed by atoms with E-state index >= 15 is 0 Å². The summed E-state index contributed by atoms with van der Waals surface area (Å²) in [6.45, 7) is 8.13. The molecule has 0 saturated heterocycles. The molecule has 0 saturated carbocycles. The second-order valence-electron chi connectivity index (χ2n) is 5.61. The van der Waals surface area contributed by atoms with Crippen molar-refractivity contribution >= 4 is 11.6 Å². The Kier molecular flexibility index (Phi) is 6.45. The fourth-order valence-corrected chi connectivity index (χ4v) is 2.62. The molecule has 6 heteroatoms. The van der Waals surface area contributed by atoms with Crippen molar-refractivity contribution in [2.75, 3.05) is 13.2 Å². The van der Waals surface area contributed by atoms with Crippen LogP contribution < -0.4 is 10.1 Å². The number of aliphatic hydroxyl groups excluding tert-OH is 1. The van der Waals surface area contributed by atoms with Crippen LogP contribution in [-0.4, -0.2) is 34.1 Å². The molecular weight excluding hydrogens is 314 g/mol. The Morgan fingerprint density at radius 1 is 1.30 bits per heavy atom. The molecule has 2 rings (SSSR count). The molecule has 2 aromatic rings. The number of nitrogens with one attached hydrogen (secondary N) is 1. The molecule has 23 heavy (non-hydrogen) atoms. The molecule has 126 valence electrons. The van der Waals surface area contributed by atoms with Crippen LogP contribution in [0.5, 0.6) is 5.75 Å². The number of benzene rings is 1. The predicted molar refractivity (Wildman–Crippen MR) is 92.0 cm³/mol. The molecule has 0 bridgehead atoms. The third-order valence-corrected chi connectivity index (χ3v) is 3.98. The lowest BCUT2D eigenvalue weighted by atomic mass is 10.2. The highest BCUT2D eigenvalue weighted by Gasteiger charge is 2.11. The van der Waals surface area contributed by atoms with E-state index in [1.165, 1.54) is 5.56 Å². The Hall–Kier alpha value is -1.56. The molecule has 0 radical (unpaired) electrons. The van der Waals surface area contributed by atoms with Gasteiger partial charge >= 0.3 is 0 Å². The van der Waals surface area contributed by atoms with Gasteiger partial charge in [0.25, 0.3) is 0 Å². The lowest BCUT2D eigenvalue weighted by Crippen LogP contribution is -2.28. The summed E-state index contributed by atoms with van der Waals surface area (Å²) in [6.07, 6.45) is 0.0456. The van der Waals surface area contributed by atoms with Crippen molar-refractivity contribution in [2.45, 2.75) is 40.0 Å². The Labute approximate surface area is 142 Å². The molecule has 0 fully saturated rings. The maximum Gasteiger partial charge on any atom is 0.119 e. The summed E-state index contributed by atoms with van der Waals surface area (Å²) in [6, 6.07) is 7.37. The minimum Gasteiger partial charge on any atom is -0.489 e. The number of aliphatic hydroxyl groups is 1. The third kappa shape index (κ3) is 4.96. The first kappa shape index (κ1) is 17.8. The Morgan fingerprint density at radius 3 is 2.65 bits per heavy atom. The number of hydrogen-bond acceptors (Lipinski definition) is 4. The molecule has 1 aromatic heterocycles.